The summed E-state index contributed by atoms with van der Waals surface area (Å²) in [5.41, 5.74) is 2.00. The Morgan fingerprint density at radius 3 is 2.62 bits per heavy atom. The van der Waals surface area contributed by atoms with Crippen LogP contribution in [0.1, 0.15) is 21.6 Å². The Bertz CT molecular complexity index is 1270. The molecule has 32 heavy (non-hydrogen) atoms. The number of amides is 1. The van der Waals surface area contributed by atoms with Crippen LogP contribution in [0.2, 0.25) is 15.1 Å². The fraction of sp³-hybridized carbons (Fsp3) is 0.136. The van der Waals surface area contributed by atoms with E-state index in [0.717, 1.165) is 11.1 Å². The number of hydrogen-bond donors (Lipinski definition) is 1. The van der Waals surface area contributed by atoms with Crippen molar-refractivity contribution in [3.8, 4) is 5.75 Å². The highest BCUT2D eigenvalue weighted by atomic mass is 35.5. The van der Waals surface area contributed by atoms with Gasteiger partial charge in [0.2, 0.25) is 0 Å². The lowest BCUT2D eigenvalue weighted by atomic mass is 10.2. The summed E-state index contributed by atoms with van der Waals surface area (Å²) in [5, 5.41) is 12.8. The number of nitrogens with zero attached hydrogens (tertiary/aromatic N) is 4. The van der Waals surface area contributed by atoms with Gasteiger partial charge in [-0.05, 0) is 48.4 Å². The number of aromatic nitrogens is 4. The Morgan fingerprint density at radius 2 is 1.84 bits per heavy atom. The number of ether oxygens (including phenoxy) is 1. The average molecular weight is 491 g/mol. The zero-order valence-electron chi connectivity index (χ0n) is 16.9. The van der Waals surface area contributed by atoms with Crippen molar-refractivity contribution in [3.05, 3.63) is 92.8 Å². The molecule has 0 radical (unpaired) electrons. The van der Waals surface area contributed by atoms with Crippen molar-refractivity contribution < 1.29 is 9.53 Å². The van der Waals surface area contributed by atoms with Gasteiger partial charge >= 0.3 is 0 Å². The van der Waals surface area contributed by atoms with Crippen molar-refractivity contribution in [2.75, 3.05) is 5.32 Å². The Hall–Kier alpha value is -3.00. The van der Waals surface area contributed by atoms with E-state index in [-0.39, 0.29) is 18.2 Å². The lowest BCUT2D eigenvalue weighted by Gasteiger charge is -2.09. The van der Waals surface area contributed by atoms with Gasteiger partial charge in [0.25, 0.3) is 5.91 Å². The highest BCUT2D eigenvalue weighted by Crippen LogP contribution is 2.23. The molecule has 1 N–H and O–H groups in total. The summed E-state index contributed by atoms with van der Waals surface area (Å²) >= 11 is 18.4. The van der Waals surface area contributed by atoms with E-state index in [2.05, 4.69) is 15.5 Å². The lowest BCUT2D eigenvalue weighted by molar-refractivity contribution is 0.101. The first-order valence-corrected chi connectivity index (χ1v) is 10.7. The van der Waals surface area contributed by atoms with Gasteiger partial charge in [-0.1, -0.05) is 53.0 Å². The third kappa shape index (κ3) is 5.24. The molecule has 10 heteroatoms. The summed E-state index contributed by atoms with van der Waals surface area (Å²) in [7, 11) is 0. The molecule has 4 rings (SSSR count). The van der Waals surface area contributed by atoms with Crippen molar-refractivity contribution in [3.63, 3.8) is 0 Å². The predicted octanol–water partition coefficient (Wildman–Crippen LogP) is 5.69. The first kappa shape index (κ1) is 22.2. The van der Waals surface area contributed by atoms with Crippen LogP contribution < -0.4 is 10.1 Å². The molecule has 0 saturated carbocycles. The van der Waals surface area contributed by atoms with E-state index in [4.69, 9.17) is 39.5 Å². The maximum Gasteiger partial charge on any atom is 0.277 e. The molecular formula is C22H18Cl3N5O2. The minimum atomic E-state index is -0.434. The average Bonchev–Trinajstić information content (AvgIpc) is 3.36. The van der Waals surface area contributed by atoms with Crippen LogP contribution in [-0.2, 0) is 13.3 Å². The highest BCUT2D eigenvalue weighted by Gasteiger charge is 2.15. The standard InChI is InChI=1S/C22H18Cl3N5O2/c1-14-10-16(23)6-7-20(14)32-13-29-9-8-19(27-29)22(31)26-21-18(25)12-30(28-21)11-15-4-2-3-5-17(15)24/h2-10,12H,11,13H2,1H3,(H,26,28,31). The smallest absolute Gasteiger partial charge is 0.277 e. The molecule has 2 aromatic heterocycles. The number of halogens is 3. The van der Waals surface area contributed by atoms with Crippen molar-refractivity contribution in [1.29, 1.82) is 0 Å². The second-order valence-electron chi connectivity index (χ2n) is 6.99. The van der Waals surface area contributed by atoms with Crippen molar-refractivity contribution >= 4 is 46.5 Å². The zero-order chi connectivity index (χ0) is 22.7. The highest BCUT2D eigenvalue weighted by molar-refractivity contribution is 6.33. The molecule has 2 heterocycles. The number of carbonyl (C=O) groups is 1. The Labute approximate surface area is 199 Å². The fourth-order valence-corrected chi connectivity index (χ4v) is 3.62. The Balaban J connectivity index is 1.39. The number of carbonyl (C=O) groups excluding carboxylic acids is 1. The Kier molecular flexibility index (Phi) is 6.69. The van der Waals surface area contributed by atoms with Gasteiger partial charge in [-0.15, -0.1) is 0 Å². The molecule has 2 aromatic carbocycles. The maximum absolute atomic E-state index is 12.6. The van der Waals surface area contributed by atoms with Crippen LogP contribution in [0.5, 0.6) is 5.75 Å². The number of benzene rings is 2. The molecule has 1 amide bonds. The normalized spacial score (nSPS) is 10.9. The molecule has 164 valence electrons. The largest absolute Gasteiger partial charge is 0.471 e. The van der Waals surface area contributed by atoms with Gasteiger partial charge in [-0.2, -0.15) is 10.2 Å². The number of nitrogens with one attached hydrogen (secondary N) is 1. The lowest BCUT2D eigenvalue weighted by Crippen LogP contribution is -2.15. The molecule has 0 bridgehead atoms. The minimum absolute atomic E-state index is 0.142. The second kappa shape index (κ2) is 9.65. The van der Waals surface area contributed by atoms with E-state index < -0.39 is 5.91 Å². The van der Waals surface area contributed by atoms with Crippen LogP contribution in [0.3, 0.4) is 0 Å². The molecular weight excluding hydrogens is 473 g/mol. The number of anilines is 1. The van der Waals surface area contributed by atoms with Crippen LogP contribution in [0.4, 0.5) is 5.82 Å². The first-order chi connectivity index (χ1) is 15.4. The SMILES string of the molecule is Cc1cc(Cl)ccc1OCn1ccc(C(=O)Nc2nn(Cc3ccccc3Cl)cc2Cl)n1. The van der Waals surface area contributed by atoms with E-state index in [9.17, 15) is 4.79 Å². The van der Waals surface area contributed by atoms with Gasteiger partial charge in [0, 0.05) is 22.4 Å². The van der Waals surface area contributed by atoms with Gasteiger partial charge in [0.05, 0.1) is 6.54 Å². The van der Waals surface area contributed by atoms with E-state index in [0.29, 0.717) is 27.4 Å². The molecule has 0 aliphatic rings. The van der Waals surface area contributed by atoms with E-state index >= 15 is 0 Å². The molecule has 4 aromatic rings. The van der Waals surface area contributed by atoms with E-state index in [1.165, 1.54) is 4.68 Å². The van der Waals surface area contributed by atoms with E-state index in [1.807, 2.05) is 31.2 Å². The van der Waals surface area contributed by atoms with E-state index in [1.54, 1.807) is 41.3 Å². The third-order valence-electron chi connectivity index (χ3n) is 4.60. The molecule has 0 saturated heterocycles. The summed E-state index contributed by atoms with van der Waals surface area (Å²) < 4.78 is 8.87. The fourth-order valence-electron chi connectivity index (χ4n) is 3.00. The zero-order valence-corrected chi connectivity index (χ0v) is 19.2. The topological polar surface area (TPSA) is 74.0 Å². The van der Waals surface area contributed by atoms with Crippen LogP contribution in [0.25, 0.3) is 0 Å². The number of aryl methyl sites for hydroxylation is 1. The monoisotopic (exact) mass is 489 g/mol. The quantitative estimate of drug-likeness (QED) is 0.361. The van der Waals surface area contributed by atoms with Crippen LogP contribution in [0, 0.1) is 6.92 Å². The summed E-state index contributed by atoms with van der Waals surface area (Å²) in [6.45, 7) is 2.46. The van der Waals surface area contributed by atoms with Gasteiger partial charge in [-0.25, -0.2) is 4.68 Å². The molecule has 0 aliphatic carbocycles. The van der Waals surface area contributed by atoms with Crippen molar-refractivity contribution in [2.45, 2.75) is 20.2 Å². The molecule has 7 nitrogen and oxygen atoms in total. The van der Waals surface area contributed by atoms with Crippen LogP contribution >= 0.6 is 34.8 Å². The number of hydrogen-bond acceptors (Lipinski definition) is 4. The van der Waals surface area contributed by atoms with Crippen molar-refractivity contribution in [1.82, 2.24) is 19.6 Å². The number of rotatable bonds is 7. The van der Waals surface area contributed by atoms with Gasteiger partial charge in [0.15, 0.2) is 18.2 Å². The minimum Gasteiger partial charge on any atom is -0.471 e. The summed E-state index contributed by atoms with van der Waals surface area (Å²) in [6.07, 6.45) is 3.28. The predicted molar refractivity (Wildman–Crippen MR) is 125 cm³/mol. The first-order valence-electron chi connectivity index (χ1n) is 9.59. The maximum atomic E-state index is 12.6. The van der Waals surface area contributed by atoms with Gasteiger partial charge in [-0.3, -0.25) is 9.48 Å². The third-order valence-corrected chi connectivity index (χ3v) is 5.48. The molecule has 0 spiro atoms. The van der Waals surface area contributed by atoms with Crippen molar-refractivity contribution in [2.24, 2.45) is 0 Å². The van der Waals surface area contributed by atoms with Crippen LogP contribution in [-0.4, -0.2) is 25.5 Å². The molecule has 0 aliphatic heterocycles. The molecule has 0 fully saturated rings. The van der Waals surface area contributed by atoms with Crippen LogP contribution in [0.15, 0.2) is 60.9 Å². The second-order valence-corrected chi connectivity index (χ2v) is 8.24. The van der Waals surface area contributed by atoms with Gasteiger partial charge in [0.1, 0.15) is 10.8 Å². The Morgan fingerprint density at radius 1 is 1.03 bits per heavy atom. The summed E-state index contributed by atoms with van der Waals surface area (Å²) in [4.78, 5) is 12.6. The molecule has 0 unspecified atom stereocenters. The summed E-state index contributed by atoms with van der Waals surface area (Å²) in [6, 6.07) is 14.4. The van der Waals surface area contributed by atoms with Gasteiger partial charge < -0.3 is 10.1 Å². The molecule has 0 atom stereocenters. The summed E-state index contributed by atoms with van der Waals surface area (Å²) in [5.74, 6) is 0.495.